The van der Waals surface area contributed by atoms with Crippen LogP contribution >= 0.6 is 47.2 Å². The van der Waals surface area contributed by atoms with E-state index in [0.717, 1.165) is 30.6 Å². The van der Waals surface area contributed by atoms with Crippen molar-refractivity contribution in [3.8, 4) is 0 Å². The predicted molar refractivity (Wildman–Crippen MR) is 132 cm³/mol. The maximum Gasteiger partial charge on any atom is 0.191 e. The molecule has 30 heavy (non-hydrogen) atoms. The SMILES string of the molecule is CCNC(=NCc1cc(Cl)c(Cl)n1C)NCC1(c2ccc(F)cc2)CCOCC1.I. The van der Waals surface area contributed by atoms with E-state index in [4.69, 9.17) is 27.9 Å². The van der Waals surface area contributed by atoms with E-state index in [1.165, 1.54) is 12.1 Å². The third-order valence-corrected chi connectivity index (χ3v) is 6.30. The topological polar surface area (TPSA) is 50.6 Å². The second kappa shape index (κ2) is 11.5. The Labute approximate surface area is 204 Å². The number of rotatable bonds is 6. The Morgan fingerprint density at radius 2 is 1.87 bits per heavy atom. The minimum Gasteiger partial charge on any atom is -0.381 e. The molecule has 0 atom stereocenters. The zero-order valence-corrected chi connectivity index (χ0v) is 21.0. The summed E-state index contributed by atoms with van der Waals surface area (Å²) < 4.78 is 20.8. The Balaban J connectivity index is 0.00000320. The molecule has 2 aromatic rings. The molecule has 1 aliphatic rings. The Morgan fingerprint density at radius 3 is 2.43 bits per heavy atom. The number of nitrogens with one attached hydrogen (secondary N) is 2. The summed E-state index contributed by atoms with van der Waals surface area (Å²) in [5.41, 5.74) is 1.92. The molecule has 0 radical (unpaired) electrons. The van der Waals surface area contributed by atoms with Gasteiger partial charge in [-0.1, -0.05) is 35.3 Å². The molecule has 0 unspecified atom stereocenters. The van der Waals surface area contributed by atoms with Gasteiger partial charge in [-0.25, -0.2) is 9.38 Å². The summed E-state index contributed by atoms with van der Waals surface area (Å²) >= 11 is 12.2. The van der Waals surface area contributed by atoms with Crippen LogP contribution in [-0.4, -0.2) is 36.8 Å². The molecular weight excluding hydrogens is 541 g/mol. The molecule has 0 aliphatic carbocycles. The molecule has 0 amide bonds. The number of hydrogen-bond donors (Lipinski definition) is 2. The molecule has 166 valence electrons. The lowest BCUT2D eigenvalue weighted by atomic mass is 9.74. The van der Waals surface area contributed by atoms with E-state index in [1.54, 1.807) is 0 Å². The van der Waals surface area contributed by atoms with Crippen molar-refractivity contribution in [1.29, 1.82) is 0 Å². The van der Waals surface area contributed by atoms with E-state index < -0.39 is 0 Å². The number of aromatic nitrogens is 1. The third-order valence-electron chi connectivity index (χ3n) is 5.46. The van der Waals surface area contributed by atoms with Crippen LogP contribution in [0.3, 0.4) is 0 Å². The summed E-state index contributed by atoms with van der Waals surface area (Å²) in [7, 11) is 1.87. The summed E-state index contributed by atoms with van der Waals surface area (Å²) in [5, 5.41) is 7.78. The quantitative estimate of drug-likeness (QED) is 0.296. The summed E-state index contributed by atoms with van der Waals surface area (Å²) in [5.74, 6) is 0.493. The monoisotopic (exact) mass is 568 g/mol. The average Bonchev–Trinajstić information content (AvgIpc) is 2.98. The van der Waals surface area contributed by atoms with Gasteiger partial charge in [0.25, 0.3) is 0 Å². The van der Waals surface area contributed by atoms with Crippen LogP contribution in [-0.2, 0) is 23.7 Å². The van der Waals surface area contributed by atoms with Crippen molar-refractivity contribution in [2.75, 3.05) is 26.3 Å². The Morgan fingerprint density at radius 1 is 1.20 bits per heavy atom. The molecule has 1 saturated heterocycles. The highest BCUT2D eigenvalue weighted by Crippen LogP contribution is 2.34. The Kier molecular flexibility index (Phi) is 9.71. The van der Waals surface area contributed by atoms with Gasteiger partial charge in [-0.3, -0.25) is 0 Å². The van der Waals surface area contributed by atoms with Gasteiger partial charge in [-0.05, 0) is 43.5 Å². The highest BCUT2D eigenvalue weighted by atomic mass is 127. The number of ether oxygens (including phenoxy) is 1. The predicted octanol–water partition coefficient (Wildman–Crippen LogP) is 4.89. The zero-order valence-electron chi connectivity index (χ0n) is 17.2. The van der Waals surface area contributed by atoms with E-state index in [9.17, 15) is 4.39 Å². The number of halogens is 4. The second-order valence-corrected chi connectivity index (χ2v) is 8.05. The smallest absolute Gasteiger partial charge is 0.191 e. The lowest BCUT2D eigenvalue weighted by Gasteiger charge is -2.38. The molecule has 1 aliphatic heterocycles. The first-order chi connectivity index (χ1) is 13.9. The van der Waals surface area contributed by atoms with Crippen molar-refractivity contribution in [2.24, 2.45) is 12.0 Å². The molecule has 0 bridgehead atoms. The zero-order chi connectivity index (χ0) is 20.9. The minimum atomic E-state index is -0.223. The number of benzene rings is 1. The van der Waals surface area contributed by atoms with Crippen LogP contribution in [0.2, 0.25) is 10.2 Å². The first kappa shape index (κ1) is 25.2. The normalized spacial score (nSPS) is 16.1. The van der Waals surface area contributed by atoms with Gasteiger partial charge >= 0.3 is 0 Å². The third kappa shape index (κ3) is 6.02. The van der Waals surface area contributed by atoms with Gasteiger partial charge < -0.3 is 19.9 Å². The van der Waals surface area contributed by atoms with Crippen molar-refractivity contribution in [3.05, 3.63) is 57.6 Å². The summed E-state index contributed by atoms with van der Waals surface area (Å²) in [4.78, 5) is 4.69. The van der Waals surface area contributed by atoms with E-state index in [0.29, 0.717) is 42.4 Å². The first-order valence-corrected chi connectivity index (χ1v) is 10.6. The molecule has 1 aromatic carbocycles. The van der Waals surface area contributed by atoms with Gasteiger partial charge in [-0.2, -0.15) is 0 Å². The summed E-state index contributed by atoms with van der Waals surface area (Å²) in [6.07, 6.45) is 1.74. The number of aliphatic imine (C=N–C) groups is 1. The summed E-state index contributed by atoms with van der Waals surface area (Å²) in [6.45, 7) is 5.28. The lowest BCUT2D eigenvalue weighted by Crippen LogP contribution is -2.48. The Hall–Kier alpha value is -1.03. The molecule has 3 rings (SSSR count). The molecule has 5 nitrogen and oxygen atoms in total. The van der Waals surface area contributed by atoms with Crippen LogP contribution < -0.4 is 10.6 Å². The fraction of sp³-hybridized carbons (Fsp3) is 0.476. The fourth-order valence-electron chi connectivity index (χ4n) is 3.63. The van der Waals surface area contributed by atoms with Gasteiger partial charge in [-0.15, -0.1) is 24.0 Å². The van der Waals surface area contributed by atoms with Crippen LogP contribution in [0, 0.1) is 5.82 Å². The molecule has 2 heterocycles. The molecule has 2 N–H and O–H groups in total. The van der Waals surface area contributed by atoms with E-state index in [2.05, 4.69) is 15.6 Å². The number of hydrogen-bond acceptors (Lipinski definition) is 2. The van der Waals surface area contributed by atoms with E-state index in [-0.39, 0.29) is 35.2 Å². The molecular formula is C21H28Cl2FIN4O. The first-order valence-electron chi connectivity index (χ1n) is 9.81. The number of nitrogens with zero attached hydrogens (tertiary/aromatic N) is 2. The highest BCUT2D eigenvalue weighted by Gasteiger charge is 2.34. The van der Waals surface area contributed by atoms with E-state index >= 15 is 0 Å². The van der Waals surface area contributed by atoms with Crippen LogP contribution in [0.15, 0.2) is 35.3 Å². The van der Waals surface area contributed by atoms with Crippen molar-refractivity contribution in [2.45, 2.75) is 31.7 Å². The Bertz CT molecular complexity index is 851. The second-order valence-electron chi connectivity index (χ2n) is 7.28. The van der Waals surface area contributed by atoms with Crippen molar-refractivity contribution in [1.82, 2.24) is 15.2 Å². The van der Waals surface area contributed by atoms with Crippen LogP contribution in [0.5, 0.6) is 0 Å². The van der Waals surface area contributed by atoms with Gasteiger partial charge in [0.2, 0.25) is 0 Å². The maximum absolute atomic E-state index is 13.4. The van der Waals surface area contributed by atoms with Gasteiger partial charge in [0.05, 0.1) is 11.6 Å². The van der Waals surface area contributed by atoms with Crippen LogP contribution in [0.1, 0.15) is 31.0 Å². The molecule has 1 fully saturated rings. The average molecular weight is 569 g/mol. The van der Waals surface area contributed by atoms with E-state index in [1.807, 2.05) is 36.7 Å². The molecule has 0 saturated carbocycles. The van der Waals surface area contributed by atoms with Gasteiger partial charge in [0.1, 0.15) is 11.0 Å². The van der Waals surface area contributed by atoms with Gasteiger partial charge in [0.15, 0.2) is 5.96 Å². The standard InChI is InChI=1S/C21H27Cl2FN4O.HI/c1-3-25-20(26-13-17-12-18(22)19(23)28(17)2)27-14-21(8-10-29-11-9-21)15-4-6-16(24)7-5-15;/h4-7,12H,3,8-11,13-14H2,1-2H3,(H2,25,26,27);1H. The largest absolute Gasteiger partial charge is 0.381 e. The minimum absolute atomic E-state index is 0. The lowest BCUT2D eigenvalue weighted by molar-refractivity contribution is 0.0513. The van der Waals surface area contributed by atoms with Crippen molar-refractivity contribution < 1.29 is 9.13 Å². The molecule has 9 heteroatoms. The number of guanidine groups is 1. The maximum atomic E-state index is 13.4. The van der Waals surface area contributed by atoms with Crippen LogP contribution in [0.25, 0.3) is 0 Å². The van der Waals surface area contributed by atoms with Gasteiger partial charge in [0, 0.05) is 44.5 Å². The van der Waals surface area contributed by atoms with Crippen LogP contribution in [0.4, 0.5) is 4.39 Å². The fourth-order valence-corrected chi connectivity index (χ4v) is 4.04. The highest BCUT2D eigenvalue weighted by molar-refractivity contribution is 14.0. The van der Waals surface area contributed by atoms with Crippen molar-refractivity contribution in [3.63, 3.8) is 0 Å². The summed E-state index contributed by atoms with van der Waals surface area (Å²) in [6, 6.07) is 8.62. The van der Waals surface area contributed by atoms with Crippen molar-refractivity contribution >= 4 is 53.1 Å². The molecule has 1 aromatic heterocycles. The molecule has 0 spiro atoms.